The van der Waals surface area contributed by atoms with Gasteiger partial charge in [-0.3, -0.25) is 4.74 Å². The number of nitrogens with one attached hydrogen (secondary N) is 1. The van der Waals surface area contributed by atoms with E-state index in [-0.39, 0.29) is 5.97 Å². The molecule has 0 atom stereocenters. The Labute approximate surface area is 146 Å². The monoisotopic (exact) mass is 348 g/mol. The van der Waals surface area contributed by atoms with Gasteiger partial charge in [0.05, 0.1) is 19.8 Å². The molecule has 0 amide bonds. The number of anilines is 1. The third kappa shape index (κ3) is 8.91. The normalized spacial score (nSPS) is 9.04. The molecule has 5 nitrogen and oxygen atoms in total. The van der Waals surface area contributed by atoms with Gasteiger partial charge in [-0.2, -0.15) is 0 Å². The van der Waals surface area contributed by atoms with Crippen molar-refractivity contribution in [3.05, 3.63) is 60.2 Å². The van der Waals surface area contributed by atoms with Crippen molar-refractivity contribution in [2.75, 3.05) is 26.4 Å². The second-order valence-electron chi connectivity index (χ2n) is 4.00. The molecular weight excluding hydrogens is 323 g/mol. The number of esters is 1. The van der Waals surface area contributed by atoms with Crippen molar-refractivity contribution in [3.63, 3.8) is 0 Å². The van der Waals surface area contributed by atoms with E-state index in [2.05, 4.69) is 14.6 Å². The molecule has 24 heavy (non-hydrogen) atoms. The van der Waals surface area contributed by atoms with Crippen LogP contribution < -0.4 is 9.82 Å². The molecule has 2 rings (SSSR count). The van der Waals surface area contributed by atoms with Gasteiger partial charge in [-0.1, -0.05) is 32.0 Å². The molecule has 0 saturated heterocycles. The summed E-state index contributed by atoms with van der Waals surface area (Å²) in [5, 5.41) is 3.03. The van der Waals surface area contributed by atoms with Crippen LogP contribution in [0.3, 0.4) is 0 Å². The number of nitrogens with zero attached hydrogens (tertiary/aromatic N) is 1. The first-order valence-electron chi connectivity index (χ1n) is 7.53. The number of rotatable bonds is 4. The Morgan fingerprint density at radius 3 is 2.00 bits per heavy atom. The maximum absolute atomic E-state index is 11.1. The summed E-state index contributed by atoms with van der Waals surface area (Å²) in [6, 6.07) is 16.7. The van der Waals surface area contributed by atoms with Crippen LogP contribution in [0.2, 0.25) is 0 Å². The highest BCUT2D eigenvalue weighted by atomic mass is 31.1. The van der Waals surface area contributed by atoms with Crippen LogP contribution >= 0.6 is 8.52 Å². The molecular formula is C18H25N2O3P. The number of hydrogen-bond acceptors (Lipinski definition) is 4. The SMILES string of the molecule is CC.CN=PNc1ccc(C(=O)OC)cc1.COc1ccccc1. The highest BCUT2D eigenvalue weighted by Crippen LogP contribution is 2.14. The van der Waals surface area contributed by atoms with Crippen molar-refractivity contribution in [1.82, 2.24) is 0 Å². The summed E-state index contributed by atoms with van der Waals surface area (Å²) in [5.74, 6) is 0.585. The van der Waals surface area contributed by atoms with Crippen molar-refractivity contribution < 1.29 is 14.3 Å². The summed E-state index contributed by atoms with van der Waals surface area (Å²) in [7, 11) is 5.54. The summed E-state index contributed by atoms with van der Waals surface area (Å²) in [4.78, 5) is 11.1. The van der Waals surface area contributed by atoms with E-state index in [1.54, 1.807) is 26.3 Å². The second kappa shape index (κ2) is 14.2. The summed E-state index contributed by atoms with van der Waals surface area (Å²) in [5.41, 5.74) is 1.47. The lowest BCUT2D eigenvalue weighted by atomic mass is 10.2. The van der Waals surface area contributed by atoms with Crippen molar-refractivity contribution in [1.29, 1.82) is 0 Å². The molecule has 0 saturated carbocycles. The van der Waals surface area contributed by atoms with Gasteiger partial charge in [0.15, 0.2) is 0 Å². The molecule has 0 aliphatic rings. The number of benzene rings is 2. The van der Waals surface area contributed by atoms with Gasteiger partial charge in [0, 0.05) is 12.7 Å². The van der Waals surface area contributed by atoms with Crippen LogP contribution in [0.15, 0.2) is 59.3 Å². The van der Waals surface area contributed by atoms with E-state index < -0.39 is 0 Å². The highest BCUT2D eigenvalue weighted by Gasteiger charge is 2.03. The van der Waals surface area contributed by atoms with Crippen molar-refractivity contribution in [3.8, 4) is 5.75 Å². The zero-order chi connectivity index (χ0) is 18.2. The molecule has 2 aromatic rings. The van der Waals surface area contributed by atoms with Gasteiger partial charge >= 0.3 is 5.97 Å². The van der Waals surface area contributed by atoms with Gasteiger partial charge in [0.25, 0.3) is 0 Å². The number of hydrogen-bond donors (Lipinski definition) is 1. The fourth-order valence-corrected chi connectivity index (χ4v) is 1.83. The van der Waals surface area contributed by atoms with Crippen molar-refractivity contribution in [2.24, 2.45) is 4.74 Å². The molecule has 0 aliphatic heterocycles. The lowest BCUT2D eigenvalue weighted by molar-refractivity contribution is 0.0601. The van der Waals surface area contributed by atoms with Crippen LogP contribution in [0, 0.1) is 0 Å². The second-order valence-corrected chi connectivity index (χ2v) is 4.82. The first kappa shape index (κ1) is 21.6. The Morgan fingerprint density at radius 2 is 1.58 bits per heavy atom. The molecule has 0 radical (unpaired) electrons. The van der Waals surface area contributed by atoms with Gasteiger partial charge in [-0.25, -0.2) is 4.79 Å². The summed E-state index contributed by atoms with van der Waals surface area (Å²) in [6.07, 6.45) is 0. The zero-order valence-corrected chi connectivity index (χ0v) is 15.7. The average molecular weight is 348 g/mol. The Bertz CT molecular complexity index is 587. The van der Waals surface area contributed by atoms with Gasteiger partial charge in [-0.05, 0) is 36.4 Å². The van der Waals surface area contributed by atoms with E-state index in [0.29, 0.717) is 5.56 Å². The van der Waals surface area contributed by atoms with E-state index in [4.69, 9.17) is 4.74 Å². The number of carbonyl (C=O) groups excluding carboxylic acids is 1. The van der Waals surface area contributed by atoms with Crippen molar-refractivity contribution in [2.45, 2.75) is 13.8 Å². The maximum atomic E-state index is 11.1. The van der Waals surface area contributed by atoms with Crippen LogP contribution in [0.1, 0.15) is 24.2 Å². The van der Waals surface area contributed by atoms with Gasteiger partial charge in [0.2, 0.25) is 0 Å². The number of para-hydroxylation sites is 1. The van der Waals surface area contributed by atoms with Gasteiger partial charge in [0.1, 0.15) is 14.3 Å². The maximum Gasteiger partial charge on any atom is 0.337 e. The third-order valence-corrected chi connectivity index (χ3v) is 3.12. The molecule has 0 aromatic heterocycles. The molecule has 0 bridgehead atoms. The Morgan fingerprint density at radius 1 is 1.00 bits per heavy atom. The smallest absolute Gasteiger partial charge is 0.337 e. The standard InChI is InChI=1S/C9H11N2O2P.C7H8O.C2H6/c1-10-14-11-8-5-3-7(4-6-8)9(12)13-2;1-8-7-5-3-2-4-6-7;1-2/h3-6H,1-2H3,(H,10,11);2-6H,1H3;1-2H3. The fourth-order valence-electron chi connectivity index (χ4n) is 1.46. The van der Waals surface area contributed by atoms with E-state index in [0.717, 1.165) is 20.0 Å². The number of carbonyl (C=O) groups is 1. The summed E-state index contributed by atoms with van der Waals surface area (Å²) in [6.45, 7) is 4.00. The fraction of sp³-hybridized carbons (Fsp3) is 0.278. The van der Waals surface area contributed by atoms with Crippen LogP contribution in [-0.4, -0.2) is 27.2 Å². The lowest BCUT2D eigenvalue weighted by Gasteiger charge is -2.01. The third-order valence-electron chi connectivity index (χ3n) is 2.56. The molecule has 6 heteroatoms. The average Bonchev–Trinajstić information content (AvgIpc) is 2.68. The van der Waals surface area contributed by atoms with Crippen LogP contribution in [0.5, 0.6) is 5.75 Å². The molecule has 0 fully saturated rings. The highest BCUT2D eigenvalue weighted by molar-refractivity contribution is 7.28. The molecule has 0 unspecified atom stereocenters. The first-order chi connectivity index (χ1) is 11.7. The van der Waals surface area contributed by atoms with Crippen molar-refractivity contribution >= 4 is 20.2 Å². The molecule has 0 spiro atoms. The molecule has 2 aromatic carbocycles. The molecule has 130 valence electrons. The number of ether oxygens (including phenoxy) is 2. The predicted molar refractivity (Wildman–Crippen MR) is 101 cm³/mol. The minimum absolute atomic E-state index is 0.325. The van der Waals surface area contributed by atoms with E-state index in [1.165, 1.54) is 7.11 Å². The van der Waals surface area contributed by atoms with E-state index in [1.807, 2.05) is 56.3 Å². The molecule has 1 N–H and O–H groups in total. The van der Waals surface area contributed by atoms with Crippen LogP contribution in [0.25, 0.3) is 0 Å². The topological polar surface area (TPSA) is 59.9 Å². The summed E-state index contributed by atoms with van der Waals surface area (Å²) >= 11 is 0. The molecule has 0 heterocycles. The minimum Gasteiger partial charge on any atom is -0.497 e. The zero-order valence-electron chi connectivity index (χ0n) is 14.8. The minimum atomic E-state index is -0.325. The van der Waals surface area contributed by atoms with Crippen LogP contribution in [-0.2, 0) is 4.74 Å². The van der Waals surface area contributed by atoms with E-state index >= 15 is 0 Å². The quantitative estimate of drug-likeness (QED) is 0.603. The van der Waals surface area contributed by atoms with Gasteiger partial charge < -0.3 is 14.6 Å². The predicted octanol–water partition coefficient (Wildman–Crippen LogP) is 5.28. The van der Waals surface area contributed by atoms with E-state index in [9.17, 15) is 4.79 Å². The lowest BCUT2D eigenvalue weighted by Crippen LogP contribution is -2.00. The largest absolute Gasteiger partial charge is 0.497 e. The number of methoxy groups -OCH3 is 2. The molecule has 0 aliphatic carbocycles. The summed E-state index contributed by atoms with van der Waals surface area (Å²) < 4.78 is 13.4. The van der Waals surface area contributed by atoms with Gasteiger partial charge in [-0.15, -0.1) is 0 Å². The Balaban J connectivity index is 0.000000447. The Kier molecular flexibility index (Phi) is 12.8. The first-order valence-corrected chi connectivity index (χ1v) is 8.38. The Hall–Kier alpha value is -2.39. The van der Waals surface area contributed by atoms with Crippen LogP contribution in [0.4, 0.5) is 5.69 Å².